The predicted molar refractivity (Wildman–Crippen MR) is 67.8 cm³/mol. The Balaban J connectivity index is 1.44. The fraction of sp³-hybridized carbons (Fsp3) is 0.769. The summed E-state index contributed by atoms with van der Waals surface area (Å²) < 4.78 is 0. The van der Waals surface area contributed by atoms with E-state index in [4.69, 9.17) is 0 Å². The molecule has 0 radical (unpaired) electrons. The second-order valence-electron chi connectivity index (χ2n) is 5.37. The van der Waals surface area contributed by atoms with Gasteiger partial charge in [-0.05, 0) is 38.0 Å². The largest absolute Gasteiger partial charge is 0.313 e. The monoisotopic (exact) mass is 236 g/mol. The topological polar surface area (TPSA) is 24.9 Å². The van der Waals surface area contributed by atoms with Crippen LogP contribution in [0.3, 0.4) is 0 Å². The van der Waals surface area contributed by atoms with E-state index in [-0.39, 0.29) is 0 Å². The highest BCUT2D eigenvalue weighted by molar-refractivity contribution is 7.09. The van der Waals surface area contributed by atoms with Gasteiger partial charge in [0.05, 0.1) is 5.01 Å². The summed E-state index contributed by atoms with van der Waals surface area (Å²) in [4.78, 5) is 4.50. The van der Waals surface area contributed by atoms with Gasteiger partial charge in [-0.1, -0.05) is 6.42 Å². The summed E-state index contributed by atoms with van der Waals surface area (Å²) in [6.07, 6.45) is 7.00. The Morgan fingerprint density at radius 3 is 3.00 bits per heavy atom. The quantitative estimate of drug-likeness (QED) is 0.869. The highest BCUT2D eigenvalue weighted by Crippen LogP contribution is 2.44. The van der Waals surface area contributed by atoms with Crippen LogP contribution in [0.4, 0.5) is 0 Å². The van der Waals surface area contributed by atoms with Crippen LogP contribution in [0.15, 0.2) is 5.38 Å². The number of hydrogen-bond donors (Lipinski definition) is 1. The minimum Gasteiger partial charge on any atom is -0.313 e. The van der Waals surface area contributed by atoms with Gasteiger partial charge in [-0.15, -0.1) is 11.3 Å². The molecule has 0 aliphatic heterocycles. The van der Waals surface area contributed by atoms with Crippen molar-refractivity contribution in [1.29, 1.82) is 0 Å². The number of aromatic nitrogens is 1. The summed E-state index contributed by atoms with van der Waals surface area (Å²) in [7, 11) is 0. The van der Waals surface area contributed by atoms with Gasteiger partial charge in [-0.25, -0.2) is 4.98 Å². The minimum absolute atomic E-state index is 0.819. The van der Waals surface area contributed by atoms with Gasteiger partial charge in [0.1, 0.15) is 0 Å². The van der Waals surface area contributed by atoms with Crippen LogP contribution in [-0.4, -0.2) is 17.6 Å². The minimum atomic E-state index is 0.819. The molecule has 88 valence electrons. The zero-order valence-electron chi connectivity index (χ0n) is 9.91. The van der Waals surface area contributed by atoms with E-state index in [1.165, 1.54) is 36.4 Å². The third-order valence-electron chi connectivity index (χ3n) is 4.15. The van der Waals surface area contributed by atoms with Crippen LogP contribution in [-0.2, 0) is 6.42 Å². The average molecular weight is 236 g/mol. The Morgan fingerprint density at radius 2 is 2.38 bits per heavy atom. The van der Waals surface area contributed by atoms with Gasteiger partial charge in [0.15, 0.2) is 0 Å². The SMILES string of the molecule is Cc1csc(CCNC2CC3CCC2C3)n1. The Bertz CT molecular complexity index is 361. The van der Waals surface area contributed by atoms with Crippen LogP contribution in [0.25, 0.3) is 0 Å². The van der Waals surface area contributed by atoms with Gasteiger partial charge in [0.25, 0.3) is 0 Å². The molecule has 0 aromatic carbocycles. The Kier molecular flexibility index (Phi) is 2.99. The van der Waals surface area contributed by atoms with Crippen LogP contribution in [0, 0.1) is 18.8 Å². The standard InChI is InChI=1S/C13H20N2S/c1-9-8-16-13(15-9)4-5-14-12-7-10-2-3-11(12)6-10/h8,10-12,14H,2-7H2,1H3. The van der Waals surface area contributed by atoms with E-state index in [0.717, 1.165) is 30.8 Å². The van der Waals surface area contributed by atoms with Crippen LogP contribution >= 0.6 is 11.3 Å². The first-order valence-corrected chi connectivity index (χ1v) is 7.33. The van der Waals surface area contributed by atoms with E-state index in [1.54, 1.807) is 11.3 Å². The maximum absolute atomic E-state index is 4.50. The highest BCUT2D eigenvalue weighted by Gasteiger charge is 2.38. The summed E-state index contributed by atoms with van der Waals surface area (Å²) in [5.41, 5.74) is 1.17. The van der Waals surface area contributed by atoms with E-state index in [0.29, 0.717) is 0 Å². The van der Waals surface area contributed by atoms with Crippen molar-refractivity contribution < 1.29 is 0 Å². The van der Waals surface area contributed by atoms with E-state index in [1.807, 2.05) is 0 Å². The Labute approximate surface area is 101 Å². The number of thiazole rings is 1. The summed E-state index contributed by atoms with van der Waals surface area (Å²) in [5.74, 6) is 2.03. The molecule has 1 aromatic heterocycles. The van der Waals surface area contributed by atoms with Gasteiger partial charge >= 0.3 is 0 Å². The molecule has 3 heteroatoms. The molecule has 0 amide bonds. The normalized spacial score (nSPS) is 32.4. The number of hydrogen-bond acceptors (Lipinski definition) is 3. The summed E-state index contributed by atoms with van der Waals surface area (Å²) in [6, 6.07) is 0.819. The molecule has 3 unspecified atom stereocenters. The first-order chi connectivity index (χ1) is 7.81. The van der Waals surface area contributed by atoms with Crippen molar-refractivity contribution in [3.05, 3.63) is 16.1 Å². The molecule has 1 aromatic rings. The van der Waals surface area contributed by atoms with Gasteiger partial charge in [0.2, 0.25) is 0 Å². The van der Waals surface area contributed by atoms with Crippen LogP contribution < -0.4 is 5.32 Å². The molecule has 0 saturated heterocycles. The molecule has 2 aliphatic rings. The molecule has 2 saturated carbocycles. The van der Waals surface area contributed by atoms with Crippen molar-refractivity contribution in [3.8, 4) is 0 Å². The number of rotatable bonds is 4. The van der Waals surface area contributed by atoms with E-state index >= 15 is 0 Å². The molecule has 2 fully saturated rings. The molecule has 3 rings (SSSR count). The third kappa shape index (κ3) is 2.16. The lowest BCUT2D eigenvalue weighted by atomic mass is 9.95. The third-order valence-corrected chi connectivity index (χ3v) is 5.18. The van der Waals surface area contributed by atoms with Gasteiger partial charge < -0.3 is 5.32 Å². The van der Waals surface area contributed by atoms with Gasteiger partial charge in [-0.2, -0.15) is 0 Å². The molecule has 0 spiro atoms. The smallest absolute Gasteiger partial charge is 0.0940 e. The highest BCUT2D eigenvalue weighted by atomic mass is 32.1. The van der Waals surface area contributed by atoms with Crippen molar-refractivity contribution in [1.82, 2.24) is 10.3 Å². The number of nitrogens with zero attached hydrogens (tertiary/aromatic N) is 1. The van der Waals surface area contributed by atoms with E-state index < -0.39 is 0 Å². The second-order valence-corrected chi connectivity index (χ2v) is 6.31. The van der Waals surface area contributed by atoms with Crippen molar-refractivity contribution in [2.24, 2.45) is 11.8 Å². The lowest BCUT2D eigenvalue weighted by Crippen LogP contribution is -2.35. The summed E-state index contributed by atoms with van der Waals surface area (Å²) >= 11 is 1.80. The lowest BCUT2D eigenvalue weighted by molar-refractivity contribution is 0.354. The van der Waals surface area contributed by atoms with Gasteiger partial charge in [0, 0.05) is 30.1 Å². The second kappa shape index (κ2) is 4.46. The maximum Gasteiger partial charge on any atom is 0.0940 e. The molecule has 2 bridgehead atoms. The number of aryl methyl sites for hydroxylation is 1. The van der Waals surface area contributed by atoms with E-state index in [9.17, 15) is 0 Å². The fourth-order valence-electron chi connectivity index (χ4n) is 3.38. The van der Waals surface area contributed by atoms with Crippen molar-refractivity contribution in [2.75, 3.05) is 6.54 Å². The van der Waals surface area contributed by atoms with Crippen molar-refractivity contribution in [2.45, 2.75) is 45.1 Å². The Morgan fingerprint density at radius 1 is 1.44 bits per heavy atom. The molecular weight excluding hydrogens is 216 g/mol. The van der Waals surface area contributed by atoms with Crippen LogP contribution in [0.5, 0.6) is 0 Å². The van der Waals surface area contributed by atoms with Crippen LogP contribution in [0.1, 0.15) is 36.4 Å². The van der Waals surface area contributed by atoms with Crippen LogP contribution in [0.2, 0.25) is 0 Å². The molecule has 2 aliphatic carbocycles. The predicted octanol–water partition coefficient (Wildman–Crippen LogP) is 2.77. The number of nitrogens with one attached hydrogen (secondary N) is 1. The fourth-order valence-corrected chi connectivity index (χ4v) is 4.15. The van der Waals surface area contributed by atoms with E-state index in [2.05, 4.69) is 22.6 Å². The Hall–Kier alpha value is -0.410. The molecule has 16 heavy (non-hydrogen) atoms. The number of fused-ring (bicyclic) bond motifs is 2. The zero-order chi connectivity index (χ0) is 11.0. The summed E-state index contributed by atoms with van der Waals surface area (Å²) in [6.45, 7) is 3.18. The zero-order valence-corrected chi connectivity index (χ0v) is 10.7. The molecule has 1 heterocycles. The molecule has 1 N–H and O–H groups in total. The van der Waals surface area contributed by atoms with Crippen molar-refractivity contribution >= 4 is 11.3 Å². The first kappa shape index (κ1) is 10.7. The lowest BCUT2D eigenvalue weighted by Gasteiger charge is -2.22. The first-order valence-electron chi connectivity index (χ1n) is 6.45. The van der Waals surface area contributed by atoms with Crippen molar-refractivity contribution in [3.63, 3.8) is 0 Å². The molecule has 3 atom stereocenters. The molecular formula is C13H20N2S. The average Bonchev–Trinajstić information content (AvgIpc) is 2.94. The summed E-state index contributed by atoms with van der Waals surface area (Å²) in [5, 5.41) is 7.17. The van der Waals surface area contributed by atoms with Gasteiger partial charge in [-0.3, -0.25) is 0 Å². The molecule has 2 nitrogen and oxygen atoms in total. The maximum atomic E-state index is 4.50.